The molecule has 0 aromatic heterocycles. The van der Waals surface area contributed by atoms with Gasteiger partial charge in [0.25, 0.3) is 15.9 Å². The molecule has 0 fully saturated rings. The van der Waals surface area contributed by atoms with Crippen molar-refractivity contribution < 1.29 is 17.9 Å². The lowest BCUT2D eigenvalue weighted by Gasteiger charge is -2.11. The van der Waals surface area contributed by atoms with Crippen molar-refractivity contribution in [3.8, 4) is 5.75 Å². The van der Waals surface area contributed by atoms with E-state index >= 15 is 0 Å². The highest BCUT2D eigenvalue weighted by Gasteiger charge is 2.15. The summed E-state index contributed by atoms with van der Waals surface area (Å²) in [6, 6.07) is 16.4. The highest BCUT2D eigenvalue weighted by Crippen LogP contribution is 2.23. The van der Waals surface area contributed by atoms with E-state index in [-0.39, 0.29) is 17.4 Å². The van der Waals surface area contributed by atoms with Gasteiger partial charge in [-0.3, -0.25) is 9.52 Å². The van der Waals surface area contributed by atoms with E-state index in [0.717, 1.165) is 16.7 Å². The lowest BCUT2D eigenvalue weighted by molar-refractivity contribution is -0.118. The minimum atomic E-state index is -3.79. The molecule has 1 amide bonds. The number of benzene rings is 3. The monoisotopic (exact) mass is 458 g/mol. The first-order chi connectivity index (χ1) is 14.6. The average molecular weight is 459 g/mol. The number of hydrogen-bond donors (Lipinski definition) is 2. The molecule has 0 heterocycles. The van der Waals surface area contributed by atoms with Crippen LogP contribution in [0.2, 0.25) is 5.02 Å². The molecule has 31 heavy (non-hydrogen) atoms. The predicted octanol–water partition coefficient (Wildman–Crippen LogP) is 5.08. The summed E-state index contributed by atoms with van der Waals surface area (Å²) >= 11 is 6.05. The Labute approximate surface area is 187 Å². The molecule has 0 bridgehead atoms. The van der Waals surface area contributed by atoms with E-state index in [1.807, 2.05) is 39.0 Å². The smallest absolute Gasteiger partial charge is 0.262 e. The van der Waals surface area contributed by atoms with E-state index < -0.39 is 10.0 Å². The first kappa shape index (κ1) is 22.7. The molecule has 6 nitrogen and oxygen atoms in total. The molecule has 0 radical (unpaired) electrons. The Morgan fingerprint density at radius 3 is 2.16 bits per heavy atom. The number of anilines is 2. The van der Waals surface area contributed by atoms with Gasteiger partial charge in [-0.2, -0.15) is 0 Å². The lowest BCUT2D eigenvalue weighted by Crippen LogP contribution is -2.20. The standard InChI is InChI=1S/C23H23ClN2O4S/c1-15-5-9-20(12-17(15)3)30-14-23(27)25-18-7-10-21(11-8-18)31(28,29)26-19-6-4-16(2)22(24)13-19/h4-13,26H,14H2,1-3H3,(H,25,27). The topological polar surface area (TPSA) is 84.5 Å². The second-order valence-electron chi connectivity index (χ2n) is 7.18. The minimum absolute atomic E-state index is 0.0635. The normalized spacial score (nSPS) is 11.1. The predicted molar refractivity (Wildman–Crippen MR) is 123 cm³/mol. The molecule has 2 N–H and O–H groups in total. The maximum atomic E-state index is 12.6. The van der Waals surface area contributed by atoms with Crippen molar-refractivity contribution in [3.05, 3.63) is 82.4 Å². The number of hydrogen-bond acceptors (Lipinski definition) is 4. The molecular weight excluding hydrogens is 436 g/mol. The zero-order valence-electron chi connectivity index (χ0n) is 17.4. The summed E-state index contributed by atoms with van der Waals surface area (Å²) in [5.41, 5.74) is 3.91. The quantitative estimate of drug-likeness (QED) is 0.516. The van der Waals surface area contributed by atoms with E-state index in [2.05, 4.69) is 10.0 Å². The summed E-state index contributed by atoms with van der Waals surface area (Å²) in [6.07, 6.45) is 0. The molecule has 3 aromatic rings. The van der Waals surface area contributed by atoms with E-state index in [1.165, 1.54) is 24.3 Å². The van der Waals surface area contributed by atoms with Crippen LogP contribution in [0.1, 0.15) is 16.7 Å². The highest BCUT2D eigenvalue weighted by molar-refractivity contribution is 7.92. The maximum absolute atomic E-state index is 12.6. The van der Waals surface area contributed by atoms with E-state index in [1.54, 1.807) is 18.2 Å². The Morgan fingerprint density at radius 1 is 0.871 bits per heavy atom. The summed E-state index contributed by atoms with van der Waals surface area (Å²) < 4.78 is 33.2. The van der Waals surface area contributed by atoms with Gasteiger partial charge >= 0.3 is 0 Å². The van der Waals surface area contributed by atoms with Crippen molar-refractivity contribution in [1.82, 2.24) is 0 Å². The van der Waals surface area contributed by atoms with Crippen LogP contribution in [0.3, 0.4) is 0 Å². The van der Waals surface area contributed by atoms with Gasteiger partial charge in [0.2, 0.25) is 0 Å². The first-order valence-electron chi connectivity index (χ1n) is 9.53. The highest BCUT2D eigenvalue weighted by atomic mass is 35.5. The number of amides is 1. The summed E-state index contributed by atoms with van der Waals surface area (Å²) in [5.74, 6) is 0.267. The third-order valence-corrected chi connectivity index (χ3v) is 6.53. The number of nitrogens with one attached hydrogen (secondary N) is 2. The number of aryl methyl sites for hydroxylation is 3. The van der Waals surface area contributed by atoms with Crippen molar-refractivity contribution in [3.63, 3.8) is 0 Å². The van der Waals surface area contributed by atoms with Crippen LogP contribution < -0.4 is 14.8 Å². The van der Waals surface area contributed by atoms with Crippen molar-refractivity contribution >= 4 is 38.9 Å². The summed E-state index contributed by atoms with van der Waals surface area (Å²) in [6.45, 7) is 5.65. The molecular formula is C23H23ClN2O4S. The average Bonchev–Trinajstić information content (AvgIpc) is 2.72. The Morgan fingerprint density at radius 2 is 1.52 bits per heavy atom. The lowest BCUT2D eigenvalue weighted by atomic mass is 10.1. The molecule has 8 heteroatoms. The van der Waals surface area contributed by atoms with Crippen molar-refractivity contribution in [2.75, 3.05) is 16.6 Å². The van der Waals surface area contributed by atoms with Gasteiger partial charge in [-0.25, -0.2) is 8.42 Å². The molecule has 0 saturated carbocycles. The van der Waals surface area contributed by atoms with Gasteiger partial charge in [0.15, 0.2) is 6.61 Å². The molecule has 0 saturated heterocycles. The third kappa shape index (κ3) is 5.99. The van der Waals surface area contributed by atoms with Gasteiger partial charge in [0, 0.05) is 10.7 Å². The summed E-state index contributed by atoms with van der Waals surface area (Å²) in [4.78, 5) is 12.2. The Kier molecular flexibility index (Phi) is 6.87. The molecule has 0 aliphatic rings. The Hall–Kier alpha value is -3.03. The van der Waals surface area contributed by atoms with Crippen LogP contribution in [0.25, 0.3) is 0 Å². The summed E-state index contributed by atoms with van der Waals surface area (Å²) in [7, 11) is -3.79. The van der Waals surface area contributed by atoms with Crippen molar-refractivity contribution in [2.45, 2.75) is 25.7 Å². The van der Waals surface area contributed by atoms with Gasteiger partial charge in [-0.1, -0.05) is 23.7 Å². The number of rotatable bonds is 7. The van der Waals surface area contributed by atoms with Gasteiger partial charge in [0.1, 0.15) is 5.75 Å². The zero-order chi connectivity index (χ0) is 22.6. The number of halogens is 1. The van der Waals surface area contributed by atoms with Gasteiger partial charge in [-0.05, 0) is 86.0 Å². The Balaban J connectivity index is 1.60. The van der Waals surface area contributed by atoms with Crippen molar-refractivity contribution in [1.29, 1.82) is 0 Å². The van der Waals surface area contributed by atoms with Crippen LogP contribution in [-0.4, -0.2) is 20.9 Å². The minimum Gasteiger partial charge on any atom is -0.484 e. The van der Waals surface area contributed by atoms with Crippen LogP contribution in [0, 0.1) is 20.8 Å². The fraction of sp³-hybridized carbons (Fsp3) is 0.174. The SMILES string of the molecule is Cc1ccc(OCC(=O)Nc2ccc(S(=O)(=O)Nc3ccc(C)c(Cl)c3)cc2)cc1C. The molecule has 0 spiro atoms. The van der Waals surface area contributed by atoms with Crippen molar-refractivity contribution in [2.24, 2.45) is 0 Å². The molecule has 0 aliphatic heterocycles. The largest absolute Gasteiger partial charge is 0.484 e. The zero-order valence-corrected chi connectivity index (χ0v) is 19.0. The van der Waals surface area contributed by atoms with E-state index in [4.69, 9.17) is 16.3 Å². The fourth-order valence-electron chi connectivity index (χ4n) is 2.74. The number of carbonyl (C=O) groups excluding carboxylic acids is 1. The van der Waals surface area contributed by atoms with Gasteiger partial charge < -0.3 is 10.1 Å². The maximum Gasteiger partial charge on any atom is 0.262 e. The molecule has 3 aromatic carbocycles. The number of sulfonamides is 1. The number of carbonyl (C=O) groups is 1. The molecule has 0 aliphatic carbocycles. The molecule has 0 unspecified atom stereocenters. The Bertz CT molecular complexity index is 1210. The van der Waals surface area contributed by atoms with Gasteiger partial charge in [-0.15, -0.1) is 0 Å². The molecule has 162 valence electrons. The fourth-order valence-corrected chi connectivity index (χ4v) is 3.97. The molecule has 3 rings (SSSR count). The number of ether oxygens (including phenoxy) is 1. The van der Waals surface area contributed by atoms with Crippen LogP contribution in [0.5, 0.6) is 5.75 Å². The van der Waals surface area contributed by atoms with E-state index in [0.29, 0.717) is 22.1 Å². The second-order valence-corrected chi connectivity index (χ2v) is 9.27. The first-order valence-corrected chi connectivity index (χ1v) is 11.4. The summed E-state index contributed by atoms with van der Waals surface area (Å²) in [5, 5.41) is 3.16. The van der Waals surface area contributed by atoms with Crippen LogP contribution in [-0.2, 0) is 14.8 Å². The van der Waals surface area contributed by atoms with Gasteiger partial charge in [0.05, 0.1) is 10.6 Å². The van der Waals surface area contributed by atoms with E-state index in [9.17, 15) is 13.2 Å². The van der Waals surface area contributed by atoms with Crippen LogP contribution in [0.15, 0.2) is 65.6 Å². The third-order valence-electron chi connectivity index (χ3n) is 4.72. The van der Waals surface area contributed by atoms with Crippen LogP contribution in [0.4, 0.5) is 11.4 Å². The second kappa shape index (κ2) is 9.41. The van der Waals surface area contributed by atoms with Crippen LogP contribution >= 0.6 is 11.6 Å². The molecule has 0 atom stereocenters.